The molecule has 1 aromatic rings. The molecular weight excluding hydrogens is 168 g/mol. The quantitative estimate of drug-likeness (QED) is 0.699. The van der Waals surface area contributed by atoms with Crippen molar-refractivity contribution in [2.45, 2.75) is 12.8 Å². The van der Waals surface area contributed by atoms with E-state index in [0.29, 0.717) is 0 Å². The molecule has 3 heteroatoms. The predicted octanol–water partition coefficient (Wildman–Crippen LogP) is 1.61. The summed E-state index contributed by atoms with van der Waals surface area (Å²) in [6.45, 7) is 2.17. The molecule has 1 N–H and O–H groups in total. The van der Waals surface area contributed by atoms with Crippen LogP contribution in [0.5, 0.6) is 0 Å². The Hall–Kier alpha value is -0.670. The van der Waals surface area contributed by atoms with Gasteiger partial charge >= 0.3 is 0 Å². The van der Waals surface area contributed by atoms with Crippen LogP contribution in [0.1, 0.15) is 11.4 Å². The molecule has 0 atom stereocenters. The second kappa shape index (κ2) is 3.83. The van der Waals surface area contributed by atoms with Crippen molar-refractivity contribution in [3.05, 3.63) is 28.2 Å². The molecule has 1 aromatic heterocycles. The maximum absolute atomic E-state index is 4.26. The van der Waals surface area contributed by atoms with Crippen molar-refractivity contribution in [2.75, 3.05) is 13.1 Å². The fourth-order valence-corrected chi connectivity index (χ4v) is 2.04. The van der Waals surface area contributed by atoms with Crippen molar-refractivity contribution in [3.63, 3.8) is 0 Å². The Balaban J connectivity index is 1.98. The zero-order chi connectivity index (χ0) is 8.23. The van der Waals surface area contributed by atoms with Gasteiger partial charge in [0.2, 0.25) is 0 Å². The first-order chi connectivity index (χ1) is 5.95. The van der Waals surface area contributed by atoms with E-state index >= 15 is 0 Å². The summed E-state index contributed by atoms with van der Waals surface area (Å²) < 4.78 is 0. The lowest BCUT2D eigenvalue weighted by molar-refractivity contribution is 0.690. The standard InChI is InChI=1S/C9H12N2S/c1-2-8(7-10-3-1)6-9-11-4-5-12-9/h2,4-5,10H,1,3,6-7H2. The van der Waals surface area contributed by atoms with Crippen LogP contribution in [-0.4, -0.2) is 18.1 Å². The summed E-state index contributed by atoms with van der Waals surface area (Å²) in [7, 11) is 0. The molecule has 0 saturated heterocycles. The van der Waals surface area contributed by atoms with Gasteiger partial charge in [-0.15, -0.1) is 11.3 Å². The third-order valence-electron chi connectivity index (χ3n) is 1.97. The van der Waals surface area contributed by atoms with Gasteiger partial charge in [-0.3, -0.25) is 0 Å². The Morgan fingerprint density at radius 2 is 2.58 bits per heavy atom. The minimum Gasteiger partial charge on any atom is -0.313 e. The lowest BCUT2D eigenvalue weighted by atomic mass is 10.1. The van der Waals surface area contributed by atoms with E-state index in [0.717, 1.165) is 19.5 Å². The van der Waals surface area contributed by atoms with Crippen molar-refractivity contribution in [3.8, 4) is 0 Å². The van der Waals surface area contributed by atoms with Crippen LogP contribution in [0, 0.1) is 0 Å². The zero-order valence-electron chi connectivity index (χ0n) is 6.92. The van der Waals surface area contributed by atoms with Gasteiger partial charge in [-0.1, -0.05) is 11.6 Å². The molecule has 2 rings (SSSR count). The van der Waals surface area contributed by atoms with Crippen LogP contribution >= 0.6 is 11.3 Å². The summed E-state index contributed by atoms with van der Waals surface area (Å²) in [5, 5.41) is 6.62. The molecule has 0 spiro atoms. The summed E-state index contributed by atoms with van der Waals surface area (Å²) in [5.74, 6) is 0. The molecule has 0 aromatic carbocycles. The van der Waals surface area contributed by atoms with Crippen LogP contribution in [0.3, 0.4) is 0 Å². The Morgan fingerprint density at radius 1 is 1.58 bits per heavy atom. The summed E-state index contributed by atoms with van der Waals surface area (Å²) >= 11 is 1.74. The Bertz CT molecular complexity index is 264. The molecule has 2 heterocycles. The number of hydrogen-bond donors (Lipinski definition) is 1. The highest BCUT2D eigenvalue weighted by molar-refractivity contribution is 7.09. The van der Waals surface area contributed by atoms with Gasteiger partial charge in [0.1, 0.15) is 0 Å². The molecule has 1 aliphatic heterocycles. The van der Waals surface area contributed by atoms with Gasteiger partial charge < -0.3 is 5.32 Å². The first-order valence-electron chi connectivity index (χ1n) is 4.22. The van der Waals surface area contributed by atoms with Gasteiger partial charge in [-0.2, -0.15) is 0 Å². The second-order valence-electron chi connectivity index (χ2n) is 2.93. The molecule has 1 aliphatic rings. The van der Waals surface area contributed by atoms with Gasteiger partial charge in [0.25, 0.3) is 0 Å². The summed E-state index contributed by atoms with van der Waals surface area (Å²) in [6.07, 6.45) is 6.40. The van der Waals surface area contributed by atoms with Gasteiger partial charge in [0.15, 0.2) is 0 Å². The maximum atomic E-state index is 4.26. The molecular formula is C9H12N2S. The molecule has 0 unspecified atom stereocenters. The largest absolute Gasteiger partial charge is 0.313 e. The van der Waals surface area contributed by atoms with E-state index in [1.165, 1.54) is 17.0 Å². The zero-order valence-corrected chi connectivity index (χ0v) is 7.73. The third kappa shape index (κ3) is 1.93. The van der Waals surface area contributed by atoms with E-state index in [1.807, 2.05) is 11.6 Å². The first-order valence-corrected chi connectivity index (χ1v) is 5.10. The van der Waals surface area contributed by atoms with Crippen LogP contribution in [0.25, 0.3) is 0 Å². The Labute approximate surface area is 76.3 Å². The molecule has 0 bridgehead atoms. The SMILES string of the molecule is C1=C(Cc2nccs2)CNCC1. The second-order valence-corrected chi connectivity index (χ2v) is 3.91. The molecule has 2 nitrogen and oxygen atoms in total. The molecule has 0 saturated carbocycles. The average molecular weight is 180 g/mol. The fraction of sp³-hybridized carbons (Fsp3) is 0.444. The highest BCUT2D eigenvalue weighted by atomic mass is 32.1. The Morgan fingerprint density at radius 3 is 3.25 bits per heavy atom. The van der Waals surface area contributed by atoms with E-state index in [1.54, 1.807) is 11.3 Å². The number of aromatic nitrogens is 1. The highest BCUT2D eigenvalue weighted by Gasteiger charge is 2.04. The monoisotopic (exact) mass is 180 g/mol. The summed E-state index contributed by atoms with van der Waals surface area (Å²) in [5.41, 5.74) is 1.48. The summed E-state index contributed by atoms with van der Waals surface area (Å²) in [6, 6.07) is 0. The van der Waals surface area contributed by atoms with E-state index in [2.05, 4.69) is 16.4 Å². The van der Waals surface area contributed by atoms with E-state index < -0.39 is 0 Å². The highest BCUT2D eigenvalue weighted by Crippen LogP contribution is 2.12. The molecule has 0 aliphatic carbocycles. The molecule has 12 heavy (non-hydrogen) atoms. The van der Waals surface area contributed by atoms with Crippen molar-refractivity contribution < 1.29 is 0 Å². The van der Waals surface area contributed by atoms with Crippen molar-refractivity contribution >= 4 is 11.3 Å². The number of nitrogens with zero attached hydrogens (tertiary/aromatic N) is 1. The van der Waals surface area contributed by atoms with Gasteiger partial charge in [-0.25, -0.2) is 4.98 Å². The summed E-state index contributed by atoms with van der Waals surface area (Å²) in [4.78, 5) is 4.26. The molecule has 0 amide bonds. The average Bonchev–Trinajstić information content (AvgIpc) is 2.59. The number of nitrogens with one attached hydrogen (secondary N) is 1. The van der Waals surface area contributed by atoms with Gasteiger partial charge in [0, 0.05) is 24.5 Å². The van der Waals surface area contributed by atoms with Crippen molar-refractivity contribution in [1.29, 1.82) is 0 Å². The molecule has 0 fully saturated rings. The smallest absolute Gasteiger partial charge is 0.0965 e. The first kappa shape index (κ1) is 7.95. The normalized spacial score (nSPS) is 17.5. The van der Waals surface area contributed by atoms with Crippen LogP contribution in [-0.2, 0) is 6.42 Å². The van der Waals surface area contributed by atoms with Crippen LogP contribution in [0.15, 0.2) is 23.2 Å². The van der Waals surface area contributed by atoms with Crippen LogP contribution < -0.4 is 5.32 Å². The van der Waals surface area contributed by atoms with Crippen molar-refractivity contribution in [2.24, 2.45) is 0 Å². The topological polar surface area (TPSA) is 24.9 Å². The maximum Gasteiger partial charge on any atom is 0.0965 e. The minimum absolute atomic E-state index is 1.03. The van der Waals surface area contributed by atoms with Crippen LogP contribution in [0.4, 0.5) is 0 Å². The van der Waals surface area contributed by atoms with E-state index in [-0.39, 0.29) is 0 Å². The number of rotatable bonds is 2. The third-order valence-corrected chi connectivity index (χ3v) is 2.75. The predicted molar refractivity (Wildman–Crippen MR) is 51.4 cm³/mol. The minimum atomic E-state index is 1.03. The van der Waals surface area contributed by atoms with Gasteiger partial charge in [-0.05, 0) is 13.0 Å². The van der Waals surface area contributed by atoms with Crippen LogP contribution in [0.2, 0.25) is 0 Å². The lowest BCUT2D eigenvalue weighted by Gasteiger charge is -2.12. The Kier molecular flexibility index (Phi) is 2.54. The molecule has 64 valence electrons. The number of thiazole rings is 1. The fourth-order valence-electron chi connectivity index (χ4n) is 1.37. The van der Waals surface area contributed by atoms with Crippen molar-refractivity contribution in [1.82, 2.24) is 10.3 Å². The number of hydrogen-bond acceptors (Lipinski definition) is 3. The van der Waals surface area contributed by atoms with E-state index in [4.69, 9.17) is 0 Å². The van der Waals surface area contributed by atoms with E-state index in [9.17, 15) is 0 Å². The molecule has 0 radical (unpaired) electrons. The van der Waals surface area contributed by atoms with Gasteiger partial charge in [0.05, 0.1) is 5.01 Å². The lowest BCUT2D eigenvalue weighted by Crippen LogP contribution is -2.22.